The summed E-state index contributed by atoms with van der Waals surface area (Å²) in [7, 11) is -7.85. The van der Waals surface area contributed by atoms with Crippen molar-refractivity contribution in [3.63, 3.8) is 0 Å². The van der Waals surface area contributed by atoms with Gasteiger partial charge in [-0.1, -0.05) is 12.1 Å². The first-order valence-corrected chi connectivity index (χ1v) is 24.0. The van der Waals surface area contributed by atoms with E-state index >= 15 is 0 Å². The molecular weight excluding hydrogens is 837 g/mol. The quantitative estimate of drug-likeness (QED) is 0.181. The van der Waals surface area contributed by atoms with Gasteiger partial charge in [0, 0.05) is 58.1 Å². The maximum absolute atomic E-state index is 12.7. The third-order valence-corrected chi connectivity index (χ3v) is 14.7. The Labute approximate surface area is 360 Å². The Balaban J connectivity index is 0.000000143. The van der Waals surface area contributed by atoms with E-state index < -0.39 is 26.1 Å². The van der Waals surface area contributed by atoms with E-state index in [1.54, 1.807) is 28.3 Å². The van der Waals surface area contributed by atoms with Gasteiger partial charge in [-0.25, -0.2) is 27.9 Å². The molecule has 10 rings (SSSR count). The number of aryl methyl sites for hydroxylation is 4. The summed E-state index contributed by atoms with van der Waals surface area (Å²) in [4.78, 5) is 52.7. The van der Waals surface area contributed by atoms with Gasteiger partial charge in [-0.3, -0.25) is 19.0 Å². The molecule has 0 atom stereocenters. The predicted molar refractivity (Wildman–Crippen MR) is 227 cm³/mol. The smallest absolute Gasteiger partial charge is 0.333 e. The lowest BCUT2D eigenvalue weighted by molar-refractivity contribution is -0.135. The lowest BCUT2D eigenvalue weighted by Gasteiger charge is -2.38. The highest BCUT2D eigenvalue weighted by Crippen LogP contribution is 2.40. The number of urea groups is 1. The zero-order valence-corrected chi connectivity index (χ0v) is 36.4. The summed E-state index contributed by atoms with van der Waals surface area (Å²) in [6.07, 6.45) is 17.6. The summed E-state index contributed by atoms with van der Waals surface area (Å²) in [6, 6.07) is 6.53. The van der Waals surface area contributed by atoms with Crippen molar-refractivity contribution in [1.82, 2.24) is 34.1 Å². The highest BCUT2D eigenvalue weighted by atomic mass is 32.2. The second-order valence-electron chi connectivity index (χ2n) is 16.7. The Kier molecular flexibility index (Phi) is 11.9. The van der Waals surface area contributed by atoms with Crippen molar-refractivity contribution in [1.29, 1.82) is 0 Å². The SMILES string of the molecule is CC(=O)N1CC(n2ccc(S(=O)(=O)NC(=O)Nc3c4c(cc5c3CCC5)CCC4)n2)C1.CC(=O)N1CC(n2ccc(S(N)(=O)=O)n2)C1.O=C=Nc1c2c(cc3c1CCC3)CCC2. The number of hydrogen-bond acceptors (Lipinski definition) is 11. The van der Waals surface area contributed by atoms with Gasteiger partial charge in [0.2, 0.25) is 17.9 Å². The summed E-state index contributed by atoms with van der Waals surface area (Å²) in [5.74, 6) is -0.0106. The van der Waals surface area contributed by atoms with E-state index in [2.05, 4.69) is 37.4 Å². The van der Waals surface area contributed by atoms with Gasteiger partial charge in [0.25, 0.3) is 20.0 Å². The number of fused-ring (bicyclic) bond motifs is 4. The number of amides is 4. The van der Waals surface area contributed by atoms with Gasteiger partial charge in [-0.05, 0) is 134 Å². The van der Waals surface area contributed by atoms with Crippen LogP contribution >= 0.6 is 0 Å². The Bertz CT molecular complexity index is 2660. The van der Waals surface area contributed by atoms with Crippen LogP contribution in [0.15, 0.2) is 51.7 Å². The zero-order valence-electron chi connectivity index (χ0n) is 34.7. The fourth-order valence-electron chi connectivity index (χ4n) is 9.35. The molecule has 0 unspecified atom stereocenters. The highest BCUT2D eigenvalue weighted by Gasteiger charge is 2.33. The van der Waals surface area contributed by atoms with Crippen LogP contribution in [0.2, 0.25) is 0 Å². The van der Waals surface area contributed by atoms with Crippen LogP contribution in [0.1, 0.15) is 96.1 Å². The van der Waals surface area contributed by atoms with Crippen molar-refractivity contribution in [3.8, 4) is 0 Å². The van der Waals surface area contributed by atoms with Crippen molar-refractivity contribution in [2.45, 2.75) is 113 Å². The number of rotatable bonds is 7. The molecule has 4 amide bonds. The molecule has 2 aromatic carbocycles. The Morgan fingerprint density at radius 3 is 1.52 bits per heavy atom. The normalized spacial score (nSPS) is 17.5. The standard InChI is InChI=1S/C21H25N5O4S.C13H13NO.C8H12N4O3S/c1-13(27)25-11-16(12-25)26-9-8-19(23-26)31(29,30)24-21(28)22-20-17-6-2-4-14(17)10-15-5-3-7-18(15)20;15-8-14-13-11-5-1-3-9(11)7-10-4-2-6-12(10)13;1-6(13)11-4-7(5-11)12-3-2-8(10-12)16(9,14)15/h8-10,16H,2-7,11-12H2,1H3,(H2,22,24,28);7H,1-6H2;2-3,7H,4-5H2,1H3,(H2,9,14,15). The fourth-order valence-corrected chi connectivity index (χ4v) is 10.6. The molecule has 2 saturated heterocycles. The van der Waals surface area contributed by atoms with Crippen LogP contribution in [0.5, 0.6) is 0 Å². The van der Waals surface area contributed by atoms with Gasteiger partial charge in [0.1, 0.15) is 0 Å². The van der Waals surface area contributed by atoms with Crippen LogP contribution < -0.4 is 15.2 Å². The van der Waals surface area contributed by atoms with Crippen LogP contribution in [0, 0.1) is 0 Å². The number of benzene rings is 2. The summed E-state index contributed by atoms with van der Waals surface area (Å²) in [5, 5.41) is 15.4. The minimum Gasteiger partial charge on any atom is -0.339 e. The topological polar surface area (TPSA) is 241 Å². The Morgan fingerprint density at radius 1 is 0.677 bits per heavy atom. The van der Waals surface area contributed by atoms with Crippen LogP contribution in [0.3, 0.4) is 0 Å². The predicted octanol–water partition coefficient (Wildman–Crippen LogP) is 3.34. The third kappa shape index (κ3) is 8.82. The summed E-state index contributed by atoms with van der Waals surface area (Å²) < 4.78 is 52.5. The number of hydrogen-bond donors (Lipinski definition) is 3. The van der Waals surface area contributed by atoms with Gasteiger partial charge in [-0.15, -0.1) is 0 Å². The Morgan fingerprint density at radius 2 is 1.10 bits per heavy atom. The first kappa shape index (κ1) is 43.0. The second kappa shape index (κ2) is 17.2. The first-order valence-electron chi connectivity index (χ1n) is 21.0. The second-order valence-corrected chi connectivity index (χ2v) is 19.8. The number of carbonyl (C=O) groups excluding carboxylic acids is 4. The van der Waals surface area contributed by atoms with Crippen LogP contribution in [-0.2, 0) is 85.8 Å². The average Bonchev–Trinajstić information content (AvgIpc) is 4.01. The number of nitrogens with two attached hydrogens (primary N) is 1. The van der Waals surface area contributed by atoms with E-state index in [9.17, 15) is 36.0 Å². The fraction of sp³-hybridized carbons (Fsp3) is 0.476. The van der Waals surface area contributed by atoms with E-state index in [0.29, 0.717) is 26.2 Å². The number of nitrogens with one attached hydrogen (secondary N) is 2. The van der Waals surface area contributed by atoms with Gasteiger partial charge in [0.15, 0.2) is 10.1 Å². The maximum atomic E-state index is 12.7. The van der Waals surface area contributed by atoms with E-state index in [-0.39, 0.29) is 33.9 Å². The number of primary sulfonamides is 1. The molecule has 0 spiro atoms. The minimum atomic E-state index is -4.11. The lowest BCUT2D eigenvalue weighted by Crippen LogP contribution is -2.50. The monoisotopic (exact) mass is 886 g/mol. The number of nitrogens with zero attached hydrogens (tertiary/aromatic N) is 7. The summed E-state index contributed by atoms with van der Waals surface area (Å²) in [5.41, 5.74) is 12.0. The van der Waals surface area contributed by atoms with E-state index in [1.165, 1.54) is 81.6 Å². The van der Waals surface area contributed by atoms with Gasteiger partial charge >= 0.3 is 6.03 Å². The molecule has 4 aromatic rings. The first-order chi connectivity index (χ1) is 29.6. The number of aliphatic imine (C=N–C) groups is 1. The molecule has 4 N–H and O–H groups in total. The van der Waals surface area contributed by atoms with Crippen molar-refractivity contribution in [3.05, 3.63) is 81.2 Å². The average molecular weight is 887 g/mol. The molecule has 6 aliphatic rings. The van der Waals surface area contributed by atoms with E-state index in [4.69, 9.17) is 5.14 Å². The van der Waals surface area contributed by atoms with Gasteiger partial charge in [-0.2, -0.15) is 23.6 Å². The lowest BCUT2D eigenvalue weighted by atomic mass is 9.99. The summed E-state index contributed by atoms with van der Waals surface area (Å²) >= 11 is 0. The number of aromatic nitrogens is 4. The molecule has 328 valence electrons. The molecule has 62 heavy (non-hydrogen) atoms. The number of likely N-dealkylation sites (tertiary alicyclic amines) is 2. The van der Waals surface area contributed by atoms with E-state index in [0.717, 1.165) is 86.7 Å². The molecule has 18 nitrogen and oxygen atoms in total. The molecular formula is C42H50N10O8S2. The van der Waals surface area contributed by atoms with Crippen LogP contribution in [0.25, 0.3) is 0 Å². The van der Waals surface area contributed by atoms with E-state index in [1.807, 2.05) is 0 Å². The van der Waals surface area contributed by atoms with Crippen molar-refractivity contribution in [2.75, 3.05) is 31.5 Å². The molecule has 2 aromatic heterocycles. The maximum Gasteiger partial charge on any atom is 0.333 e. The van der Waals surface area contributed by atoms with Crippen molar-refractivity contribution in [2.24, 2.45) is 10.1 Å². The Hall–Kier alpha value is -5.69. The largest absolute Gasteiger partial charge is 0.339 e. The van der Waals surface area contributed by atoms with Gasteiger partial charge in [0.05, 0.1) is 17.8 Å². The van der Waals surface area contributed by atoms with Crippen molar-refractivity contribution < 1.29 is 36.0 Å². The number of isocyanates is 1. The molecule has 4 aliphatic carbocycles. The molecule has 0 bridgehead atoms. The highest BCUT2D eigenvalue weighted by molar-refractivity contribution is 7.90. The molecule has 2 fully saturated rings. The molecule has 20 heteroatoms. The minimum absolute atomic E-state index is 0.00933. The molecule has 4 heterocycles. The number of sulfonamides is 2. The van der Waals surface area contributed by atoms with Crippen LogP contribution in [0.4, 0.5) is 16.2 Å². The number of anilines is 1. The summed E-state index contributed by atoms with van der Waals surface area (Å²) in [6.45, 7) is 5.09. The molecule has 0 saturated carbocycles. The molecule has 0 radical (unpaired) electrons. The van der Waals surface area contributed by atoms with Crippen LogP contribution in [-0.4, -0.2) is 96.3 Å². The number of carbonyl (C=O) groups is 3. The van der Waals surface area contributed by atoms with Gasteiger partial charge < -0.3 is 15.1 Å². The molecule has 2 aliphatic heterocycles. The van der Waals surface area contributed by atoms with Crippen molar-refractivity contribution >= 4 is 55.3 Å². The third-order valence-electron chi connectivity index (χ3n) is 12.6. The zero-order chi connectivity index (χ0) is 43.9.